The van der Waals surface area contributed by atoms with Crippen LogP contribution in [0.15, 0.2) is 18.2 Å². The summed E-state index contributed by atoms with van der Waals surface area (Å²) in [6, 6.07) is 5.92. The Bertz CT molecular complexity index is 472. The van der Waals surface area contributed by atoms with Crippen molar-refractivity contribution in [3.05, 3.63) is 29.3 Å². The first kappa shape index (κ1) is 12.7. The van der Waals surface area contributed by atoms with Gasteiger partial charge in [-0.15, -0.1) is 0 Å². The van der Waals surface area contributed by atoms with Crippen LogP contribution in [0, 0.1) is 5.92 Å². The highest BCUT2D eigenvalue weighted by Gasteiger charge is 2.21. The van der Waals surface area contributed by atoms with Gasteiger partial charge in [0, 0.05) is 18.4 Å². The fourth-order valence-corrected chi connectivity index (χ4v) is 3.37. The van der Waals surface area contributed by atoms with E-state index < -0.39 is 0 Å². The maximum absolute atomic E-state index is 12.2. The number of hydrogen-bond acceptors (Lipinski definition) is 2. The molecule has 1 atom stereocenters. The van der Waals surface area contributed by atoms with Crippen LogP contribution in [0.25, 0.3) is 0 Å². The van der Waals surface area contributed by atoms with Crippen LogP contribution in [-0.2, 0) is 6.42 Å². The standard InChI is InChI=1S/C17H22O2/c1-12-10-15-11-14(7-9-17(15)19-12)16(18)8-6-13-4-2-3-5-13/h7,9,11-13H,2-6,8,10H2,1H3. The van der Waals surface area contributed by atoms with Gasteiger partial charge in [-0.05, 0) is 43.0 Å². The molecule has 19 heavy (non-hydrogen) atoms. The summed E-state index contributed by atoms with van der Waals surface area (Å²) < 4.78 is 5.67. The number of carbonyl (C=O) groups excluding carboxylic acids is 1. The fourth-order valence-electron chi connectivity index (χ4n) is 3.37. The Morgan fingerprint density at radius 2 is 2.11 bits per heavy atom. The van der Waals surface area contributed by atoms with E-state index in [-0.39, 0.29) is 6.10 Å². The summed E-state index contributed by atoms with van der Waals surface area (Å²) in [5.74, 6) is 2.05. The van der Waals surface area contributed by atoms with Crippen LogP contribution >= 0.6 is 0 Å². The average molecular weight is 258 g/mol. The third kappa shape index (κ3) is 2.83. The zero-order chi connectivity index (χ0) is 13.2. The molecule has 1 aliphatic carbocycles. The molecule has 0 N–H and O–H groups in total. The molecule has 1 aliphatic heterocycles. The molecule has 1 aromatic carbocycles. The average Bonchev–Trinajstić information content (AvgIpc) is 3.02. The molecule has 1 aromatic rings. The molecule has 0 bridgehead atoms. The molecule has 2 heteroatoms. The van der Waals surface area contributed by atoms with Gasteiger partial charge in [0.25, 0.3) is 0 Å². The molecular formula is C17H22O2. The fraction of sp³-hybridized carbons (Fsp3) is 0.588. The SMILES string of the molecule is CC1Cc2cc(C(=O)CCC3CCCC3)ccc2O1. The third-order valence-electron chi connectivity index (χ3n) is 4.47. The molecule has 1 fully saturated rings. The number of hydrogen-bond donors (Lipinski definition) is 0. The van der Waals surface area contributed by atoms with Crippen LogP contribution in [0.2, 0.25) is 0 Å². The van der Waals surface area contributed by atoms with Crippen LogP contribution in [0.4, 0.5) is 0 Å². The van der Waals surface area contributed by atoms with Gasteiger partial charge in [0.1, 0.15) is 11.9 Å². The van der Waals surface area contributed by atoms with Gasteiger partial charge in [-0.3, -0.25) is 4.79 Å². The van der Waals surface area contributed by atoms with Crippen molar-refractivity contribution in [3.63, 3.8) is 0 Å². The Balaban J connectivity index is 1.62. The summed E-state index contributed by atoms with van der Waals surface area (Å²) in [5.41, 5.74) is 2.06. The van der Waals surface area contributed by atoms with Crippen molar-refractivity contribution < 1.29 is 9.53 Å². The van der Waals surface area contributed by atoms with Gasteiger partial charge in [0.15, 0.2) is 5.78 Å². The van der Waals surface area contributed by atoms with Crippen molar-refractivity contribution in [2.75, 3.05) is 0 Å². The quantitative estimate of drug-likeness (QED) is 0.758. The highest BCUT2D eigenvalue weighted by molar-refractivity contribution is 5.96. The number of rotatable bonds is 4. The van der Waals surface area contributed by atoms with E-state index in [4.69, 9.17) is 4.74 Å². The summed E-state index contributed by atoms with van der Waals surface area (Å²) >= 11 is 0. The molecule has 2 nitrogen and oxygen atoms in total. The molecule has 0 saturated heterocycles. The highest BCUT2D eigenvalue weighted by atomic mass is 16.5. The number of fused-ring (bicyclic) bond motifs is 1. The molecule has 3 rings (SSSR count). The molecule has 0 amide bonds. The second-order valence-electron chi connectivity index (χ2n) is 6.07. The van der Waals surface area contributed by atoms with Gasteiger partial charge in [0.05, 0.1) is 0 Å². The van der Waals surface area contributed by atoms with E-state index in [1.807, 2.05) is 18.2 Å². The van der Waals surface area contributed by atoms with Crippen molar-refractivity contribution >= 4 is 5.78 Å². The van der Waals surface area contributed by atoms with Crippen molar-refractivity contribution in [1.29, 1.82) is 0 Å². The van der Waals surface area contributed by atoms with E-state index in [2.05, 4.69) is 6.92 Å². The Kier molecular flexibility index (Phi) is 3.58. The van der Waals surface area contributed by atoms with E-state index in [0.717, 1.165) is 30.1 Å². The van der Waals surface area contributed by atoms with Gasteiger partial charge < -0.3 is 4.74 Å². The van der Waals surface area contributed by atoms with Crippen LogP contribution in [0.1, 0.15) is 61.4 Å². The zero-order valence-corrected chi connectivity index (χ0v) is 11.7. The van der Waals surface area contributed by atoms with Crippen molar-refractivity contribution in [3.8, 4) is 5.75 Å². The van der Waals surface area contributed by atoms with Crippen molar-refractivity contribution in [1.82, 2.24) is 0 Å². The number of ether oxygens (including phenoxy) is 1. The lowest BCUT2D eigenvalue weighted by molar-refractivity contribution is 0.0974. The minimum atomic E-state index is 0.249. The van der Waals surface area contributed by atoms with E-state index in [0.29, 0.717) is 12.2 Å². The molecule has 0 aromatic heterocycles. The van der Waals surface area contributed by atoms with Gasteiger partial charge in [-0.1, -0.05) is 25.7 Å². The molecule has 1 unspecified atom stereocenters. The Morgan fingerprint density at radius 3 is 2.89 bits per heavy atom. The van der Waals surface area contributed by atoms with Gasteiger partial charge >= 0.3 is 0 Å². The van der Waals surface area contributed by atoms with Crippen molar-refractivity contribution in [2.45, 2.75) is 58.0 Å². The first-order valence-electron chi connectivity index (χ1n) is 7.55. The Morgan fingerprint density at radius 1 is 1.32 bits per heavy atom. The lowest BCUT2D eigenvalue weighted by atomic mass is 9.96. The number of carbonyl (C=O) groups is 1. The molecule has 0 spiro atoms. The third-order valence-corrected chi connectivity index (χ3v) is 4.47. The van der Waals surface area contributed by atoms with Crippen molar-refractivity contribution in [2.24, 2.45) is 5.92 Å². The second-order valence-corrected chi connectivity index (χ2v) is 6.07. The maximum Gasteiger partial charge on any atom is 0.162 e. The zero-order valence-electron chi connectivity index (χ0n) is 11.7. The van der Waals surface area contributed by atoms with E-state index >= 15 is 0 Å². The largest absolute Gasteiger partial charge is 0.490 e. The number of Topliss-reactive ketones (excluding diaryl/α,β-unsaturated/α-hetero) is 1. The lowest BCUT2D eigenvalue weighted by Crippen LogP contribution is -2.05. The molecule has 102 valence electrons. The molecule has 1 heterocycles. The smallest absolute Gasteiger partial charge is 0.162 e. The van der Waals surface area contributed by atoms with Gasteiger partial charge in [0.2, 0.25) is 0 Å². The van der Waals surface area contributed by atoms with E-state index in [1.165, 1.54) is 31.2 Å². The highest BCUT2D eigenvalue weighted by Crippen LogP contribution is 2.31. The molecule has 1 saturated carbocycles. The van der Waals surface area contributed by atoms with Crippen LogP contribution in [0.5, 0.6) is 5.75 Å². The van der Waals surface area contributed by atoms with Crippen LogP contribution in [-0.4, -0.2) is 11.9 Å². The Labute approximate surface area is 115 Å². The minimum Gasteiger partial charge on any atom is -0.490 e. The topological polar surface area (TPSA) is 26.3 Å². The molecule has 2 aliphatic rings. The molecule has 0 radical (unpaired) electrons. The van der Waals surface area contributed by atoms with Gasteiger partial charge in [-0.2, -0.15) is 0 Å². The predicted molar refractivity (Wildman–Crippen MR) is 75.8 cm³/mol. The number of ketones is 1. The summed E-state index contributed by atoms with van der Waals surface area (Å²) in [5, 5.41) is 0. The maximum atomic E-state index is 12.2. The minimum absolute atomic E-state index is 0.249. The first-order chi connectivity index (χ1) is 9.22. The second kappa shape index (κ2) is 5.36. The Hall–Kier alpha value is -1.31. The van der Waals surface area contributed by atoms with Gasteiger partial charge in [-0.25, -0.2) is 0 Å². The summed E-state index contributed by atoms with van der Waals surface area (Å²) in [6.45, 7) is 2.07. The summed E-state index contributed by atoms with van der Waals surface area (Å²) in [4.78, 5) is 12.2. The van der Waals surface area contributed by atoms with E-state index in [9.17, 15) is 4.79 Å². The lowest BCUT2D eigenvalue weighted by Gasteiger charge is -2.08. The summed E-state index contributed by atoms with van der Waals surface area (Å²) in [6.07, 6.45) is 8.31. The summed E-state index contributed by atoms with van der Waals surface area (Å²) in [7, 11) is 0. The molecular weight excluding hydrogens is 236 g/mol. The first-order valence-corrected chi connectivity index (χ1v) is 7.55. The van der Waals surface area contributed by atoms with Crippen LogP contribution in [0.3, 0.4) is 0 Å². The predicted octanol–water partition coefficient (Wildman–Crippen LogP) is 4.16. The monoisotopic (exact) mass is 258 g/mol. The van der Waals surface area contributed by atoms with Crippen LogP contribution < -0.4 is 4.74 Å². The normalized spacial score (nSPS) is 22.3. The number of benzene rings is 1. The van der Waals surface area contributed by atoms with E-state index in [1.54, 1.807) is 0 Å².